The molecule has 0 atom stereocenters. The van der Waals surface area contributed by atoms with Gasteiger partial charge in [0.05, 0.1) is 25.3 Å². The van der Waals surface area contributed by atoms with Crippen LogP contribution in [0.15, 0.2) is 24.3 Å². The highest BCUT2D eigenvalue weighted by atomic mass is 35.5. The first-order valence-electron chi connectivity index (χ1n) is 9.33. The Morgan fingerprint density at radius 3 is 2.90 bits per heavy atom. The van der Waals surface area contributed by atoms with Crippen LogP contribution in [0.4, 0.5) is 4.39 Å². The molecule has 0 radical (unpaired) electrons. The maximum atomic E-state index is 13.8. The number of halogens is 2. The van der Waals surface area contributed by atoms with Gasteiger partial charge in [0, 0.05) is 17.7 Å². The largest absolute Gasteiger partial charge is 0.493 e. The Balaban J connectivity index is 1.67. The summed E-state index contributed by atoms with van der Waals surface area (Å²) in [6.45, 7) is 3.20. The fourth-order valence-corrected chi connectivity index (χ4v) is 3.32. The summed E-state index contributed by atoms with van der Waals surface area (Å²) in [4.78, 5) is 12.5. The fourth-order valence-electron chi connectivity index (χ4n) is 3.05. The Kier molecular flexibility index (Phi) is 7.17. The molecular weight excluding hydrogens is 401 g/mol. The van der Waals surface area contributed by atoms with E-state index in [1.54, 1.807) is 6.07 Å². The predicted octanol–water partition coefficient (Wildman–Crippen LogP) is 4.12. The molecule has 1 heterocycles. The Morgan fingerprint density at radius 1 is 1.31 bits per heavy atom. The van der Waals surface area contributed by atoms with Crippen LogP contribution in [-0.2, 0) is 17.8 Å². The van der Waals surface area contributed by atoms with Crippen molar-refractivity contribution in [2.45, 2.75) is 26.4 Å². The van der Waals surface area contributed by atoms with Crippen molar-refractivity contribution in [3.05, 3.63) is 51.8 Å². The molecule has 1 N–H and O–H groups in total. The molecule has 156 valence electrons. The van der Waals surface area contributed by atoms with Crippen molar-refractivity contribution in [3.63, 3.8) is 0 Å². The van der Waals surface area contributed by atoms with Crippen LogP contribution in [0.5, 0.6) is 17.2 Å². The van der Waals surface area contributed by atoms with E-state index in [1.165, 1.54) is 25.3 Å². The van der Waals surface area contributed by atoms with E-state index in [-0.39, 0.29) is 18.5 Å². The van der Waals surface area contributed by atoms with Gasteiger partial charge in [-0.25, -0.2) is 4.39 Å². The minimum atomic E-state index is -0.363. The first kappa shape index (κ1) is 21.2. The number of ether oxygens (including phenoxy) is 4. The zero-order valence-electron chi connectivity index (χ0n) is 16.3. The lowest BCUT2D eigenvalue weighted by atomic mass is 10.1. The van der Waals surface area contributed by atoms with Crippen molar-refractivity contribution in [2.75, 3.05) is 27.1 Å². The second-order valence-corrected chi connectivity index (χ2v) is 6.91. The number of benzene rings is 2. The quantitative estimate of drug-likeness (QED) is 0.692. The average Bonchev–Trinajstić information content (AvgIpc) is 2.72. The van der Waals surface area contributed by atoms with Gasteiger partial charge < -0.3 is 24.3 Å². The van der Waals surface area contributed by atoms with Crippen LogP contribution in [0.3, 0.4) is 0 Å². The van der Waals surface area contributed by atoms with E-state index in [0.717, 1.165) is 6.42 Å². The molecule has 1 amide bonds. The molecule has 8 heteroatoms. The van der Waals surface area contributed by atoms with Gasteiger partial charge in [0.1, 0.15) is 11.6 Å². The Bertz CT molecular complexity index is 890. The van der Waals surface area contributed by atoms with E-state index in [2.05, 4.69) is 5.32 Å². The van der Waals surface area contributed by atoms with Crippen molar-refractivity contribution in [1.82, 2.24) is 5.32 Å². The number of carbonyl (C=O) groups excluding carboxylic acids is 1. The molecule has 0 aromatic heterocycles. The lowest BCUT2D eigenvalue weighted by molar-refractivity contribution is -0.0172. The molecule has 0 aliphatic carbocycles. The normalized spacial score (nSPS) is 12.7. The minimum Gasteiger partial charge on any atom is -0.493 e. The second-order valence-electron chi connectivity index (χ2n) is 6.51. The Hall–Kier alpha value is -2.51. The zero-order chi connectivity index (χ0) is 20.8. The molecule has 6 nitrogen and oxygen atoms in total. The zero-order valence-corrected chi connectivity index (χ0v) is 17.1. The van der Waals surface area contributed by atoms with E-state index >= 15 is 0 Å². The van der Waals surface area contributed by atoms with Gasteiger partial charge >= 0.3 is 0 Å². The highest BCUT2D eigenvalue weighted by Gasteiger charge is 2.18. The molecule has 0 saturated carbocycles. The topological polar surface area (TPSA) is 66.0 Å². The van der Waals surface area contributed by atoms with Gasteiger partial charge in [0.15, 0.2) is 18.3 Å². The summed E-state index contributed by atoms with van der Waals surface area (Å²) >= 11 is 6.26. The van der Waals surface area contributed by atoms with Crippen molar-refractivity contribution in [3.8, 4) is 17.2 Å². The summed E-state index contributed by atoms with van der Waals surface area (Å²) in [6, 6.07) is 5.93. The first-order valence-corrected chi connectivity index (χ1v) is 9.71. The van der Waals surface area contributed by atoms with E-state index in [4.69, 9.17) is 30.5 Å². The van der Waals surface area contributed by atoms with Crippen LogP contribution in [0.2, 0.25) is 5.02 Å². The number of fused-ring (bicyclic) bond motifs is 1. The van der Waals surface area contributed by atoms with Crippen LogP contribution in [-0.4, -0.2) is 33.0 Å². The minimum absolute atomic E-state index is 0.128. The first-order chi connectivity index (χ1) is 14.0. The van der Waals surface area contributed by atoms with Crippen LogP contribution in [0, 0.1) is 5.82 Å². The lowest BCUT2D eigenvalue weighted by Crippen LogP contribution is -2.26. The number of amides is 1. The Morgan fingerprint density at radius 2 is 2.14 bits per heavy atom. The smallest absolute Gasteiger partial charge is 0.251 e. The molecule has 0 fully saturated rings. The number of carbonyl (C=O) groups is 1. The molecule has 0 spiro atoms. The monoisotopic (exact) mass is 423 g/mol. The van der Waals surface area contributed by atoms with Crippen LogP contribution in [0.1, 0.15) is 34.8 Å². The van der Waals surface area contributed by atoms with Crippen molar-refractivity contribution >= 4 is 17.5 Å². The van der Waals surface area contributed by atoms with Crippen molar-refractivity contribution in [2.24, 2.45) is 0 Å². The third kappa shape index (κ3) is 5.10. The third-order valence-corrected chi connectivity index (χ3v) is 4.65. The van der Waals surface area contributed by atoms with Gasteiger partial charge in [0.2, 0.25) is 0 Å². The molecule has 1 aliphatic rings. The van der Waals surface area contributed by atoms with Crippen LogP contribution >= 0.6 is 11.6 Å². The molecule has 2 aromatic carbocycles. The molecule has 0 saturated heterocycles. The summed E-state index contributed by atoms with van der Waals surface area (Å²) in [5, 5.41) is 3.11. The number of methoxy groups -OCH3 is 1. The summed E-state index contributed by atoms with van der Waals surface area (Å²) in [6.07, 6.45) is 1.23. The van der Waals surface area contributed by atoms with Crippen LogP contribution in [0.25, 0.3) is 0 Å². The molecular formula is C21H23ClFNO5. The molecule has 0 bridgehead atoms. The summed E-state index contributed by atoms with van der Waals surface area (Å²) in [5.74, 6) is 0.746. The van der Waals surface area contributed by atoms with E-state index in [1.807, 2.05) is 6.92 Å². The molecule has 3 rings (SSSR count). The van der Waals surface area contributed by atoms with Gasteiger partial charge in [-0.3, -0.25) is 4.79 Å². The van der Waals surface area contributed by atoms with Crippen LogP contribution < -0.4 is 19.5 Å². The fraction of sp³-hybridized carbons (Fsp3) is 0.381. The van der Waals surface area contributed by atoms with E-state index in [0.29, 0.717) is 65.1 Å². The average molecular weight is 424 g/mol. The highest BCUT2D eigenvalue weighted by Crippen LogP contribution is 2.36. The number of hydrogen-bond donors (Lipinski definition) is 1. The second kappa shape index (κ2) is 9.80. The van der Waals surface area contributed by atoms with Gasteiger partial charge in [-0.15, -0.1) is 0 Å². The molecule has 2 aromatic rings. The lowest BCUT2D eigenvalue weighted by Gasteiger charge is -2.21. The summed E-state index contributed by atoms with van der Waals surface area (Å²) < 4.78 is 35.4. The van der Waals surface area contributed by atoms with Crippen molar-refractivity contribution < 1.29 is 28.1 Å². The highest BCUT2D eigenvalue weighted by molar-refractivity contribution is 6.32. The third-order valence-electron chi connectivity index (χ3n) is 4.37. The molecule has 0 unspecified atom stereocenters. The predicted molar refractivity (Wildman–Crippen MR) is 107 cm³/mol. The number of hydrogen-bond acceptors (Lipinski definition) is 5. The Labute approximate surface area is 173 Å². The number of rotatable bonds is 8. The molecule has 29 heavy (non-hydrogen) atoms. The van der Waals surface area contributed by atoms with Crippen molar-refractivity contribution in [1.29, 1.82) is 0 Å². The van der Waals surface area contributed by atoms with E-state index < -0.39 is 0 Å². The SMILES string of the molecule is CCCOc1c(Cl)cc(C(=O)NCCc2cc(F)cc3c2OCOC3)cc1OC. The summed E-state index contributed by atoms with van der Waals surface area (Å²) in [5.41, 5.74) is 1.70. The summed E-state index contributed by atoms with van der Waals surface area (Å²) in [7, 11) is 1.49. The van der Waals surface area contributed by atoms with Gasteiger partial charge in [-0.2, -0.15) is 0 Å². The van der Waals surface area contributed by atoms with E-state index in [9.17, 15) is 9.18 Å². The van der Waals surface area contributed by atoms with Gasteiger partial charge in [0.25, 0.3) is 5.91 Å². The standard InChI is InChI=1S/C21H23ClFNO5/c1-3-6-28-20-17(22)9-14(10-18(20)26-2)21(25)24-5-4-13-7-16(23)8-15-11-27-12-29-19(13)15/h7-10H,3-6,11-12H2,1-2H3,(H,24,25). The number of nitrogens with one attached hydrogen (secondary N) is 1. The maximum Gasteiger partial charge on any atom is 0.251 e. The molecule has 1 aliphatic heterocycles. The van der Waals surface area contributed by atoms with Gasteiger partial charge in [-0.1, -0.05) is 18.5 Å². The van der Waals surface area contributed by atoms with Gasteiger partial charge in [-0.05, 0) is 42.7 Å². The maximum absolute atomic E-state index is 13.8.